The third kappa shape index (κ3) is 5.11. The number of nitrogens with zero attached hydrogens (tertiary/aromatic N) is 3. The largest absolute Gasteiger partial charge is 0.351 e. The van der Waals surface area contributed by atoms with Gasteiger partial charge in [0.15, 0.2) is 5.13 Å². The van der Waals surface area contributed by atoms with Crippen molar-refractivity contribution in [3.8, 4) is 10.6 Å². The molecule has 0 aliphatic carbocycles. The maximum absolute atomic E-state index is 12.1. The molecular weight excluding hydrogens is 382 g/mol. The minimum Gasteiger partial charge on any atom is -0.351 e. The van der Waals surface area contributed by atoms with E-state index >= 15 is 0 Å². The maximum Gasteiger partial charge on any atom is 0.250 e. The SMILES string of the molecule is CC(=O)NCc1ccc(-c2nc(NC(=O)/C=C/c3cnn(C)c3)sc2C)s1. The lowest BCUT2D eigenvalue weighted by atomic mass is 10.3. The summed E-state index contributed by atoms with van der Waals surface area (Å²) < 4.78 is 1.68. The Labute approximate surface area is 164 Å². The second-order valence-electron chi connectivity index (χ2n) is 5.87. The Morgan fingerprint density at radius 1 is 1.30 bits per heavy atom. The zero-order chi connectivity index (χ0) is 19.4. The average molecular weight is 402 g/mol. The predicted molar refractivity (Wildman–Crippen MR) is 109 cm³/mol. The van der Waals surface area contributed by atoms with Crippen molar-refractivity contribution in [1.82, 2.24) is 20.1 Å². The van der Waals surface area contributed by atoms with Crippen molar-refractivity contribution in [3.63, 3.8) is 0 Å². The van der Waals surface area contributed by atoms with E-state index < -0.39 is 0 Å². The monoisotopic (exact) mass is 401 g/mol. The van der Waals surface area contributed by atoms with Gasteiger partial charge in [0, 0.05) is 41.6 Å². The normalized spacial score (nSPS) is 11.1. The van der Waals surface area contributed by atoms with Crippen LogP contribution in [0.4, 0.5) is 5.13 Å². The molecule has 3 rings (SSSR count). The Morgan fingerprint density at radius 2 is 2.11 bits per heavy atom. The second-order valence-corrected chi connectivity index (χ2v) is 8.24. The molecule has 0 saturated carbocycles. The van der Waals surface area contributed by atoms with Crippen LogP contribution in [0.5, 0.6) is 0 Å². The van der Waals surface area contributed by atoms with E-state index in [0.717, 1.165) is 25.9 Å². The molecule has 3 aromatic rings. The van der Waals surface area contributed by atoms with E-state index in [1.807, 2.05) is 32.3 Å². The highest BCUT2D eigenvalue weighted by Gasteiger charge is 2.13. The summed E-state index contributed by atoms with van der Waals surface area (Å²) in [6.45, 7) is 3.98. The Morgan fingerprint density at radius 3 is 2.81 bits per heavy atom. The third-order valence-electron chi connectivity index (χ3n) is 3.59. The molecule has 3 aromatic heterocycles. The van der Waals surface area contributed by atoms with Crippen molar-refractivity contribution in [2.24, 2.45) is 7.05 Å². The zero-order valence-corrected chi connectivity index (χ0v) is 16.8. The van der Waals surface area contributed by atoms with Crippen molar-refractivity contribution < 1.29 is 9.59 Å². The van der Waals surface area contributed by atoms with Gasteiger partial charge in [0.05, 0.1) is 23.3 Å². The Balaban J connectivity index is 1.66. The first-order valence-electron chi connectivity index (χ1n) is 8.19. The minimum absolute atomic E-state index is 0.0564. The van der Waals surface area contributed by atoms with E-state index in [1.165, 1.54) is 24.3 Å². The quantitative estimate of drug-likeness (QED) is 0.621. The summed E-state index contributed by atoms with van der Waals surface area (Å²) in [6, 6.07) is 3.96. The van der Waals surface area contributed by atoms with Crippen LogP contribution < -0.4 is 10.6 Å². The summed E-state index contributed by atoms with van der Waals surface area (Å²) >= 11 is 3.01. The molecule has 0 saturated heterocycles. The summed E-state index contributed by atoms with van der Waals surface area (Å²) in [6.07, 6.45) is 6.68. The summed E-state index contributed by atoms with van der Waals surface area (Å²) in [4.78, 5) is 30.8. The van der Waals surface area contributed by atoms with Crippen LogP contribution in [0.2, 0.25) is 0 Å². The number of aryl methyl sites for hydroxylation is 2. The summed E-state index contributed by atoms with van der Waals surface area (Å²) in [5.74, 6) is -0.296. The lowest BCUT2D eigenvalue weighted by Gasteiger charge is -1.97. The van der Waals surface area contributed by atoms with Crippen molar-refractivity contribution in [2.75, 3.05) is 5.32 Å². The van der Waals surface area contributed by atoms with Crippen LogP contribution in [0, 0.1) is 6.92 Å². The Bertz CT molecular complexity index is 999. The highest BCUT2D eigenvalue weighted by atomic mass is 32.1. The highest BCUT2D eigenvalue weighted by Crippen LogP contribution is 2.34. The molecule has 0 radical (unpaired) electrons. The number of nitrogens with one attached hydrogen (secondary N) is 2. The van der Waals surface area contributed by atoms with Crippen molar-refractivity contribution in [1.29, 1.82) is 0 Å². The van der Waals surface area contributed by atoms with Gasteiger partial charge < -0.3 is 5.32 Å². The molecule has 2 amide bonds. The topological polar surface area (TPSA) is 88.9 Å². The van der Waals surface area contributed by atoms with Gasteiger partial charge in [-0.05, 0) is 25.1 Å². The van der Waals surface area contributed by atoms with Crippen LogP contribution >= 0.6 is 22.7 Å². The van der Waals surface area contributed by atoms with E-state index in [2.05, 4.69) is 20.7 Å². The molecule has 9 heteroatoms. The maximum atomic E-state index is 12.1. The second kappa shape index (κ2) is 8.28. The third-order valence-corrected chi connectivity index (χ3v) is 5.56. The molecule has 3 heterocycles. The van der Waals surface area contributed by atoms with E-state index in [-0.39, 0.29) is 11.8 Å². The number of rotatable bonds is 6. The van der Waals surface area contributed by atoms with Crippen LogP contribution in [-0.4, -0.2) is 26.6 Å². The fourth-order valence-electron chi connectivity index (χ4n) is 2.34. The highest BCUT2D eigenvalue weighted by molar-refractivity contribution is 7.18. The summed E-state index contributed by atoms with van der Waals surface area (Å²) in [7, 11) is 1.82. The summed E-state index contributed by atoms with van der Waals surface area (Å²) in [5, 5.41) is 10.2. The van der Waals surface area contributed by atoms with Gasteiger partial charge in [-0.15, -0.1) is 22.7 Å². The van der Waals surface area contributed by atoms with Crippen LogP contribution in [0.1, 0.15) is 22.2 Å². The molecule has 7 nitrogen and oxygen atoms in total. The molecule has 0 aliphatic rings. The fraction of sp³-hybridized carbons (Fsp3) is 0.222. The van der Waals surface area contributed by atoms with Gasteiger partial charge in [0.1, 0.15) is 0 Å². The molecule has 0 spiro atoms. The molecule has 0 aliphatic heterocycles. The molecule has 0 unspecified atom stereocenters. The van der Waals surface area contributed by atoms with Crippen LogP contribution in [0.15, 0.2) is 30.6 Å². The lowest BCUT2D eigenvalue weighted by molar-refractivity contribution is -0.119. The molecule has 27 heavy (non-hydrogen) atoms. The predicted octanol–water partition coefficient (Wildman–Crippen LogP) is 3.20. The van der Waals surface area contributed by atoms with Gasteiger partial charge in [-0.3, -0.25) is 19.6 Å². The van der Waals surface area contributed by atoms with Gasteiger partial charge in [0.2, 0.25) is 11.8 Å². The molecule has 0 atom stereocenters. The summed E-state index contributed by atoms with van der Waals surface area (Å²) in [5.41, 5.74) is 1.71. The number of aromatic nitrogens is 3. The standard InChI is InChI=1S/C18H19N5O2S2/c1-11-17(15-6-5-14(27-15)9-19-12(2)24)22-18(26-11)21-16(25)7-4-13-8-20-23(3)10-13/h4-8,10H,9H2,1-3H3,(H,19,24)(H,21,22,25)/b7-4+. The Hall–Kier alpha value is -2.78. The van der Waals surface area contributed by atoms with Gasteiger partial charge in [-0.25, -0.2) is 4.98 Å². The van der Waals surface area contributed by atoms with Crippen LogP contribution in [0.3, 0.4) is 0 Å². The van der Waals surface area contributed by atoms with Gasteiger partial charge in [0.25, 0.3) is 0 Å². The molecule has 0 aromatic carbocycles. The van der Waals surface area contributed by atoms with E-state index in [0.29, 0.717) is 11.7 Å². The molecule has 2 N–H and O–H groups in total. The van der Waals surface area contributed by atoms with E-state index in [9.17, 15) is 9.59 Å². The molecule has 0 bridgehead atoms. The van der Waals surface area contributed by atoms with Crippen molar-refractivity contribution >= 4 is 45.7 Å². The van der Waals surface area contributed by atoms with Gasteiger partial charge >= 0.3 is 0 Å². The van der Waals surface area contributed by atoms with Crippen LogP contribution in [0.25, 0.3) is 16.6 Å². The first-order chi connectivity index (χ1) is 12.9. The van der Waals surface area contributed by atoms with Crippen molar-refractivity contribution in [2.45, 2.75) is 20.4 Å². The van der Waals surface area contributed by atoms with E-state index in [4.69, 9.17) is 0 Å². The van der Waals surface area contributed by atoms with Crippen molar-refractivity contribution in [3.05, 3.63) is 45.9 Å². The number of hydrogen-bond acceptors (Lipinski definition) is 6. The zero-order valence-electron chi connectivity index (χ0n) is 15.1. The number of thiophene rings is 1. The fourth-order valence-corrected chi connectivity index (χ4v) is 4.23. The van der Waals surface area contributed by atoms with Gasteiger partial charge in [-0.1, -0.05) is 0 Å². The number of carbonyl (C=O) groups is 2. The molecule has 0 fully saturated rings. The van der Waals surface area contributed by atoms with Crippen LogP contribution in [-0.2, 0) is 23.2 Å². The van der Waals surface area contributed by atoms with Gasteiger partial charge in [-0.2, -0.15) is 5.10 Å². The first kappa shape index (κ1) is 19.0. The number of thiazole rings is 1. The van der Waals surface area contributed by atoms with E-state index in [1.54, 1.807) is 28.3 Å². The number of carbonyl (C=O) groups excluding carboxylic acids is 2. The Kier molecular flexibility index (Phi) is 5.82. The lowest BCUT2D eigenvalue weighted by Crippen LogP contribution is -2.17. The minimum atomic E-state index is -0.239. The number of amides is 2. The average Bonchev–Trinajstić information content (AvgIpc) is 3.31. The first-order valence-corrected chi connectivity index (χ1v) is 9.82. The smallest absolute Gasteiger partial charge is 0.250 e. The number of anilines is 1. The molecular formula is C18H19N5O2S2. The molecule has 140 valence electrons. The number of hydrogen-bond donors (Lipinski definition) is 2.